The molecule has 2 aromatic carbocycles. The molecule has 1 N–H and O–H groups in total. The van der Waals surface area contributed by atoms with E-state index in [2.05, 4.69) is 21.2 Å². The SMILES string of the molecule is N#CC(C#N)=CNc1ccc(Br)c(Oc2c(F)cc(C(F)(F)F)cc2F)c1. The van der Waals surface area contributed by atoms with Crippen molar-refractivity contribution in [3.8, 4) is 23.6 Å². The van der Waals surface area contributed by atoms with Gasteiger partial charge in [0.1, 0.15) is 23.5 Å². The molecule has 2 rings (SSSR count). The Hall–Kier alpha value is -3.11. The summed E-state index contributed by atoms with van der Waals surface area (Å²) in [6, 6.07) is 7.71. The molecule has 0 saturated heterocycles. The summed E-state index contributed by atoms with van der Waals surface area (Å²) in [5.41, 5.74) is -1.41. The van der Waals surface area contributed by atoms with Crippen molar-refractivity contribution < 1.29 is 26.7 Å². The summed E-state index contributed by atoms with van der Waals surface area (Å²) in [5, 5.41) is 19.9. The Balaban J connectivity index is 2.36. The standard InChI is InChI=1S/C17H7BrF5N3O/c18-12-2-1-11(26-8-9(6-24)7-25)5-15(12)27-16-13(19)3-10(4-14(16)20)17(21,22)23/h1-5,8,26H. The van der Waals surface area contributed by atoms with Crippen molar-refractivity contribution in [1.82, 2.24) is 0 Å². The predicted molar refractivity (Wildman–Crippen MR) is 88.5 cm³/mol. The van der Waals surface area contributed by atoms with Gasteiger partial charge in [-0.2, -0.15) is 23.7 Å². The van der Waals surface area contributed by atoms with Gasteiger partial charge in [-0.15, -0.1) is 0 Å². The van der Waals surface area contributed by atoms with Crippen LogP contribution in [0.4, 0.5) is 27.6 Å². The first kappa shape index (κ1) is 20.2. The number of rotatable bonds is 4. The van der Waals surface area contributed by atoms with Crippen LogP contribution in [0.2, 0.25) is 0 Å². The van der Waals surface area contributed by atoms with Gasteiger partial charge in [-0.25, -0.2) is 8.78 Å². The quantitative estimate of drug-likeness (QED) is 0.473. The molecule has 0 bridgehead atoms. The van der Waals surface area contributed by atoms with Crippen LogP contribution in [-0.4, -0.2) is 0 Å². The van der Waals surface area contributed by atoms with E-state index < -0.39 is 29.1 Å². The maximum absolute atomic E-state index is 13.9. The van der Waals surface area contributed by atoms with E-state index >= 15 is 0 Å². The maximum atomic E-state index is 13.9. The number of ether oxygens (including phenoxy) is 1. The van der Waals surface area contributed by atoms with Gasteiger partial charge in [0, 0.05) is 18.0 Å². The number of hydrogen-bond acceptors (Lipinski definition) is 4. The lowest BCUT2D eigenvalue weighted by molar-refractivity contribution is -0.138. The lowest BCUT2D eigenvalue weighted by atomic mass is 10.2. The lowest BCUT2D eigenvalue weighted by Gasteiger charge is -2.13. The van der Waals surface area contributed by atoms with E-state index in [9.17, 15) is 22.0 Å². The summed E-state index contributed by atoms with van der Waals surface area (Å²) in [4.78, 5) is 0. The number of nitrogens with one attached hydrogen (secondary N) is 1. The normalized spacial score (nSPS) is 10.5. The zero-order valence-corrected chi connectivity index (χ0v) is 14.6. The molecule has 0 radical (unpaired) electrons. The summed E-state index contributed by atoms with van der Waals surface area (Å²) in [5.74, 6) is -4.17. The number of nitriles is 2. The second-order valence-electron chi connectivity index (χ2n) is 4.94. The predicted octanol–water partition coefficient (Wildman–Crippen LogP) is 5.88. The Morgan fingerprint density at radius 3 is 2.19 bits per heavy atom. The zero-order chi connectivity index (χ0) is 20.2. The van der Waals surface area contributed by atoms with Crippen LogP contribution in [0.3, 0.4) is 0 Å². The minimum atomic E-state index is -4.91. The fourth-order valence-corrected chi connectivity index (χ4v) is 2.17. The zero-order valence-electron chi connectivity index (χ0n) is 13.0. The first-order valence-electron chi connectivity index (χ1n) is 6.96. The molecule has 2 aromatic rings. The molecule has 138 valence electrons. The molecule has 0 unspecified atom stereocenters. The fourth-order valence-electron chi connectivity index (χ4n) is 1.85. The highest BCUT2D eigenvalue weighted by atomic mass is 79.9. The highest BCUT2D eigenvalue weighted by Gasteiger charge is 2.33. The summed E-state index contributed by atoms with van der Waals surface area (Å²) in [6.07, 6.45) is -3.80. The van der Waals surface area contributed by atoms with Crippen LogP contribution in [0.1, 0.15) is 5.56 Å². The third kappa shape index (κ3) is 4.96. The average Bonchev–Trinajstić information content (AvgIpc) is 2.60. The number of nitrogens with zero attached hydrogens (tertiary/aromatic N) is 2. The largest absolute Gasteiger partial charge is 0.450 e. The molecule has 0 aromatic heterocycles. The summed E-state index contributed by atoms with van der Waals surface area (Å²) in [6.45, 7) is 0. The number of hydrogen-bond donors (Lipinski definition) is 1. The lowest BCUT2D eigenvalue weighted by Crippen LogP contribution is -2.07. The van der Waals surface area contributed by atoms with Crippen LogP contribution in [0.15, 0.2) is 46.6 Å². The molecule has 0 aliphatic rings. The van der Waals surface area contributed by atoms with Gasteiger partial charge in [0.15, 0.2) is 17.4 Å². The third-order valence-electron chi connectivity index (χ3n) is 3.09. The molecule has 0 amide bonds. The van der Waals surface area contributed by atoms with Crippen LogP contribution in [0, 0.1) is 34.3 Å². The van der Waals surface area contributed by atoms with Crippen molar-refractivity contribution in [2.24, 2.45) is 0 Å². The minimum Gasteiger partial charge on any atom is -0.450 e. The van der Waals surface area contributed by atoms with Gasteiger partial charge in [0.05, 0.1) is 10.0 Å². The first-order valence-corrected chi connectivity index (χ1v) is 7.75. The van der Waals surface area contributed by atoms with Gasteiger partial charge in [0.25, 0.3) is 0 Å². The smallest absolute Gasteiger partial charge is 0.416 e. The van der Waals surface area contributed by atoms with Gasteiger partial charge in [-0.05, 0) is 40.2 Å². The van der Waals surface area contributed by atoms with Crippen molar-refractivity contribution in [2.45, 2.75) is 6.18 Å². The number of allylic oxidation sites excluding steroid dienone is 1. The monoisotopic (exact) mass is 443 g/mol. The van der Waals surface area contributed by atoms with E-state index in [0.717, 1.165) is 6.20 Å². The highest BCUT2D eigenvalue weighted by Crippen LogP contribution is 2.38. The van der Waals surface area contributed by atoms with Crippen molar-refractivity contribution in [1.29, 1.82) is 10.5 Å². The topological polar surface area (TPSA) is 68.8 Å². The van der Waals surface area contributed by atoms with Crippen molar-refractivity contribution in [2.75, 3.05) is 5.32 Å². The third-order valence-corrected chi connectivity index (χ3v) is 3.75. The van der Waals surface area contributed by atoms with E-state index in [1.54, 1.807) is 12.1 Å². The number of anilines is 1. The molecule has 0 atom stereocenters. The second kappa shape index (κ2) is 8.06. The molecule has 0 saturated carbocycles. The molecule has 27 heavy (non-hydrogen) atoms. The Morgan fingerprint density at radius 1 is 1.07 bits per heavy atom. The summed E-state index contributed by atoms with van der Waals surface area (Å²) < 4.78 is 71.0. The molecule has 0 spiro atoms. The molecule has 0 heterocycles. The van der Waals surface area contributed by atoms with Crippen LogP contribution in [-0.2, 0) is 6.18 Å². The van der Waals surface area contributed by atoms with Crippen LogP contribution in [0.5, 0.6) is 11.5 Å². The molecule has 4 nitrogen and oxygen atoms in total. The summed E-state index contributed by atoms with van der Waals surface area (Å²) in [7, 11) is 0. The van der Waals surface area contributed by atoms with Crippen molar-refractivity contribution in [3.05, 3.63) is 63.8 Å². The van der Waals surface area contributed by atoms with Gasteiger partial charge in [-0.1, -0.05) is 0 Å². The molecule has 0 aliphatic heterocycles. The van der Waals surface area contributed by atoms with E-state index in [1.807, 2.05) is 0 Å². The molecule has 10 heteroatoms. The number of halogens is 6. The van der Waals surface area contributed by atoms with Gasteiger partial charge in [-0.3, -0.25) is 0 Å². The Labute approximate surface area is 158 Å². The van der Waals surface area contributed by atoms with E-state index in [0.29, 0.717) is 5.69 Å². The minimum absolute atomic E-state index is 0.110. The van der Waals surface area contributed by atoms with E-state index in [1.165, 1.54) is 18.2 Å². The van der Waals surface area contributed by atoms with Crippen LogP contribution >= 0.6 is 15.9 Å². The van der Waals surface area contributed by atoms with E-state index in [4.69, 9.17) is 15.3 Å². The number of benzene rings is 2. The van der Waals surface area contributed by atoms with Crippen molar-refractivity contribution in [3.63, 3.8) is 0 Å². The maximum Gasteiger partial charge on any atom is 0.416 e. The average molecular weight is 444 g/mol. The summed E-state index contributed by atoms with van der Waals surface area (Å²) >= 11 is 3.09. The fraction of sp³-hybridized carbons (Fsp3) is 0.0588. The second-order valence-corrected chi connectivity index (χ2v) is 5.79. The molecular weight excluding hydrogens is 437 g/mol. The first-order chi connectivity index (χ1) is 12.7. The Bertz CT molecular complexity index is 951. The number of alkyl halides is 3. The Morgan fingerprint density at radius 2 is 1.67 bits per heavy atom. The highest BCUT2D eigenvalue weighted by molar-refractivity contribution is 9.10. The molecule has 0 aliphatic carbocycles. The van der Waals surface area contributed by atoms with E-state index in [-0.39, 0.29) is 27.9 Å². The van der Waals surface area contributed by atoms with Gasteiger partial charge >= 0.3 is 6.18 Å². The van der Waals surface area contributed by atoms with Gasteiger partial charge in [0.2, 0.25) is 0 Å². The van der Waals surface area contributed by atoms with Crippen LogP contribution < -0.4 is 10.1 Å². The molecule has 0 fully saturated rings. The molecular formula is C17H7BrF5N3O. The van der Waals surface area contributed by atoms with Gasteiger partial charge < -0.3 is 10.1 Å². The van der Waals surface area contributed by atoms with Crippen LogP contribution in [0.25, 0.3) is 0 Å². The Kier molecular flexibility index (Phi) is 6.03. The van der Waals surface area contributed by atoms with Crippen molar-refractivity contribution >= 4 is 21.6 Å².